The first-order chi connectivity index (χ1) is 8.59. The fourth-order valence-electron chi connectivity index (χ4n) is 4.12. The summed E-state index contributed by atoms with van der Waals surface area (Å²) in [6.45, 7) is 13.8. The van der Waals surface area contributed by atoms with Crippen molar-refractivity contribution in [2.24, 2.45) is 28.6 Å². The molecule has 1 rings (SSSR count). The second-order valence-electron chi connectivity index (χ2n) is 8.17. The van der Waals surface area contributed by atoms with Gasteiger partial charge in [0.05, 0.1) is 5.92 Å². The molecule has 0 aromatic carbocycles. The van der Waals surface area contributed by atoms with E-state index in [9.17, 15) is 9.90 Å². The highest BCUT2D eigenvalue weighted by atomic mass is 16.4. The fraction of sp³-hybridized carbons (Fsp3) is 0.941. The predicted octanol–water partition coefficient (Wildman–Crippen LogP) is 4.98. The van der Waals surface area contributed by atoms with Gasteiger partial charge in [-0.15, -0.1) is 0 Å². The summed E-state index contributed by atoms with van der Waals surface area (Å²) in [4.78, 5) is 11.3. The van der Waals surface area contributed by atoms with E-state index < -0.39 is 5.97 Å². The molecule has 2 nitrogen and oxygen atoms in total. The van der Waals surface area contributed by atoms with Crippen LogP contribution in [0, 0.1) is 28.6 Å². The van der Waals surface area contributed by atoms with Gasteiger partial charge in [0.25, 0.3) is 0 Å². The van der Waals surface area contributed by atoms with Crippen molar-refractivity contribution in [2.75, 3.05) is 0 Å². The summed E-state index contributed by atoms with van der Waals surface area (Å²) in [6, 6.07) is 0. The van der Waals surface area contributed by atoms with Gasteiger partial charge in [-0.2, -0.15) is 0 Å². The molecule has 0 saturated heterocycles. The highest BCUT2D eigenvalue weighted by Gasteiger charge is 2.45. The smallest absolute Gasteiger partial charge is 0.306 e. The van der Waals surface area contributed by atoms with Crippen molar-refractivity contribution in [1.82, 2.24) is 0 Å². The van der Waals surface area contributed by atoms with Crippen molar-refractivity contribution in [1.29, 1.82) is 0 Å². The van der Waals surface area contributed by atoms with Crippen LogP contribution in [0.4, 0.5) is 0 Å². The largest absolute Gasteiger partial charge is 0.481 e. The van der Waals surface area contributed by atoms with Crippen LogP contribution < -0.4 is 0 Å². The Hall–Kier alpha value is -0.530. The zero-order chi connectivity index (χ0) is 14.8. The number of carboxylic acids is 1. The van der Waals surface area contributed by atoms with Crippen LogP contribution >= 0.6 is 0 Å². The predicted molar refractivity (Wildman–Crippen MR) is 80.1 cm³/mol. The van der Waals surface area contributed by atoms with Crippen LogP contribution in [0.3, 0.4) is 0 Å². The van der Waals surface area contributed by atoms with E-state index in [0.29, 0.717) is 11.8 Å². The molecule has 3 unspecified atom stereocenters. The molecule has 2 heteroatoms. The van der Waals surface area contributed by atoms with Crippen molar-refractivity contribution in [3.05, 3.63) is 0 Å². The third-order valence-electron chi connectivity index (χ3n) is 5.21. The molecule has 3 atom stereocenters. The van der Waals surface area contributed by atoms with E-state index in [1.807, 2.05) is 0 Å². The van der Waals surface area contributed by atoms with Gasteiger partial charge < -0.3 is 5.11 Å². The molecular formula is C17H32O2. The Morgan fingerprint density at radius 2 is 1.68 bits per heavy atom. The van der Waals surface area contributed by atoms with E-state index >= 15 is 0 Å². The molecule has 0 amide bonds. The first kappa shape index (κ1) is 16.5. The zero-order valence-corrected chi connectivity index (χ0v) is 13.6. The molecule has 1 saturated carbocycles. The van der Waals surface area contributed by atoms with Crippen LogP contribution in [0.2, 0.25) is 0 Å². The molecule has 1 aliphatic rings. The highest BCUT2D eigenvalue weighted by Crippen LogP contribution is 2.52. The first-order valence-corrected chi connectivity index (χ1v) is 7.82. The van der Waals surface area contributed by atoms with Crippen molar-refractivity contribution in [3.63, 3.8) is 0 Å². The summed E-state index contributed by atoms with van der Waals surface area (Å²) < 4.78 is 0. The van der Waals surface area contributed by atoms with Gasteiger partial charge in [-0.25, -0.2) is 0 Å². The minimum Gasteiger partial charge on any atom is -0.481 e. The van der Waals surface area contributed by atoms with Crippen molar-refractivity contribution in [3.8, 4) is 0 Å². The summed E-state index contributed by atoms with van der Waals surface area (Å²) >= 11 is 0. The summed E-state index contributed by atoms with van der Waals surface area (Å²) in [7, 11) is 0. The highest BCUT2D eigenvalue weighted by molar-refractivity contribution is 5.70. The van der Waals surface area contributed by atoms with Crippen LogP contribution in [-0.4, -0.2) is 11.1 Å². The monoisotopic (exact) mass is 268 g/mol. The Morgan fingerprint density at radius 1 is 1.11 bits per heavy atom. The number of carbonyl (C=O) groups is 1. The van der Waals surface area contributed by atoms with E-state index in [1.54, 1.807) is 0 Å². The van der Waals surface area contributed by atoms with Gasteiger partial charge in [0.1, 0.15) is 0 Å². The van der Waals surface area contributed by atoms with Crippen LogP contribution in [-0.2, 0) is 4.79 Å². The SMILES string of the molecule is CCCC(C)(C)C1CC(C(=O)O)CCC1C(C)(C)C. The third-order valence-corrected chi connectivity index (χ3v) is 5.21. The normalized spacial score (nSPS) is 29.3. The van der Waals surface area contributed by atoms with Crippen molar-refractivity contribution < 1.29 is 9.90 Å². The zero-order valence-electron chi connectivity index (χ0n) is 13.6. The third kappa shape index (κ3) is 3.97. The number of hydrogen-bond donors (Lipinski definition) is 1. The van der Waals surface area contributed by atoms with Crippen LogP contribution in [0.1, 0.15) is 73.6 Å². The minimum absolute atomic E-state index is 0.125. The number of carboxylic acid groups (broad SMARTS) is 1. The van der Waals surface area contributed by atoms with E-state index in [2.05, 4.69) is 41.5 Å². The van der Waals surface area contributed by atoms with Gasteiger partial charge in [0.15, 0.2) is 0 Å². The molecule has 19 heavy (non-hydrogen) atoms. The molecular weight excluding hydrogens is 236 g/mol. The lowest BCUT2D eigenvalue weighted by Gasteiger charge is -2.49. The Balaban J connectivity index is 2.97. The van der Waals surface area contributed by atoms with Crippen LogP contribution in [0.25, 0.3) is 0 Å². The van der Waals surface area contributed by atoms with E-state index in [4.69, 9.17) is 0 Å². The van der Waals surface area contributed by atoms with Gasteiger partial charge >= 0.3 is 5.97 Å². The second kappa shape index (κ2) is 5.85. The Kier molecular flexibility index (Phi) is 5.08. The number of rotatable bonds is 4. The van der Waals surface area contributed by atoms with Crippen LogP contribution in [0.15, 0.2) is 0 Å². The maximum absolute atomic E-state index is 11.3. The molecule has 1 fully saturated rings. The van der Waals surface area contributed by atoms with E-state index in [-0.39, 0.29) is 16.7 Å². The van der Waals surface area contributed by atoms with Crippen molar-refractivity contribution in [2.45, 2.75) is 73.6 Å². The first-order valence-electron chi connectivity index (χ1n) is 7.82. The van der Waals surface area contributed by atoms with E-state index in [0.717, 1.165) is 19.3 Å². The molecule has 0 aromatic heterocycles. The molecule has 0 bridgehead atoms. The standard InChI is InChI=1S/C17H32O2/c1-7-10-17(5,6)14-11-12(15(18)19)8-9-13(14)16(2,3)4/h12-14H,7-11H2,1-6H3,(H,18,19). The Labute approximate surface area is 119 Å². The quantitative estimate of drug-likeness (QED) is 0.781. The number of hydrogen-bond acceptors (Lipinski definition) is 1. The van der Waals surface area contributed by atoms with Gasteiger partial charge in [-0.05, 0) is 48.3 Å². The fourth-order valence-corrected chi connectivity index (χ4v) is 4.12. The second-order valence-corrected chi connectivity index (χ2v) is 8.17. The molecule has 112 valence electrons. The lowest BCUT2D eigenvalue weighted by atomic mass is 9.55. The van der Waals surface area contributed by atoms with Crippen molar-refractivity contribution >= 4 is 5.97 Å². The maximum Gasteiger partial charge on any atom is 0.306 e. The number of aliphatic carboxylic acids is 1. The molecule has 1 N–H and O–H groups in total. The van der Waals surface area contributed by atoms with Gasteiger partial charge in [-0.3, -0.25) is 4.79 Å². The summed E-state index contributed by atoms with van der Waals surface area (Å²) in [5.41, 5.74) is 0.528. The lowest BCUT2D eigenvalue weighted by molar-refractivity contribution is -0.145. The molecule has 0 aromatic rings. The Morgan fingerprint density at radius 3 is 2.11 bits per heavy atom. The molecule has 0 heterocycles. The summed E-state index contributed by atoms with van der Waals surface area (Å²) in [5, 5.41) is 9.34. The summed E-state index contributed by atoms with van der Waals surface area (Å²) in [5.74, 6) is 0.455. The minimum atomic E-state index is -0.593. The topological polar surface area (TPSA) is 37.3 Å². The average Bonchev–Trinajstić information content (AvgIpc) is 2.26. The molecule has 1 aliphatic carbocycles. The molecule has 0 aliphatic heterocycles. The Bertz CT molecular complexity index is 312. The van der Waals surface area contributed by atoms with Gasteiger partial charge in [0.2, 0.25) is 0 Å². The lowest BCUT2D eigenvalue weighted by Crippen LogP contribution is -2.43. The van der Waals surface area contributed by atoms with Gasteiger partial charge in [0, 0.05) is 0 Å². The molecule has 0 radical (unpaired) electrons. The maximum atomic E-state index is 11.3. The molecule has 0 spiro atoms. The van der Waals surface area contributed by atoms with E-state index in [1.165, 1.54) is 12.8 Å². The summed E-state index contributed by atoms with van der Waals surface area (Å²) in [6.07, 6.45) is 5.16. The van der Waals surface area contributed by atoms with Gasteiger partial charge in [-0.1, -0.05) is 48.0 Å². The van der Waals surface area contributed by atoms with Crippen LogP contribution in [0.5, 0.6) is 0 Å². The average molecular weight is 268 g/mol.